The third kappa shape index (κ3) is 1.72. The molecule has 1 unspecified atom stereocenters. The fraction of sp³-hybridized carbons (Fsp3) is 0.667. The summed E-state index contributed by atoms with van der Waals surface area (Å²) in [6.45, 7) is 2.37. The van der Waals surface area contributed by atoms with Crippen LogP contribution < -0.4 is 10.1 Å². The minimum atomic E-state index is 0.431. The van der Waals surface area contributed by atoms with Crippen molar-refractivity contribution in [1.82, 2.24) is 10.3 Å². The van der Waals surface area contributed by atoms with Gasteiger partial charge in [0.1, 0.15) is 5.75 Å². The first-order valence-corrected chi connectivity index (χ1v) is 7.18. The Bertz CT molecular complexity index is 450. The molecule has 1 atom stereocenters. The number of hydrogen-bond donors (Lipinski definition) is 1. The molecule has 0 aromatic carbocycles. The summed E-state index contributed by atoms with van der Waals surface area (Å²) in [6, 6.07) is 2.23. The second-order valence-corrected chi connectivity index (χ2v) is 6.20. The number of hydrogen-bond acceptors (Lipinski definition) is 3. The predicted octanol–water partition coefficient (Wildman–Crippen LogP) is 2.48. The van der Waals surface area contributed by atoms with Crippen molar-refractivity contribution in [1.29, 1.82) is 0 Å². The molecule has 3 nitrogen and oxygen atoms in total. The summed E-state index contributed by atoms with van der Waals surface area (Å²) in [6.07, 6.45) is 10.7. The fourth-order valence-electron chi connectivity index (χ4n) is 3.55. The van der Waals surface area contributed by atoms with E-state index in [1.54, 1.807) is 0 Å². The zero-order valence-corrected chi connectivity index (χ0v) is 10.7. The van der Waals surface area contributed by atoms with Crippen LogP contribution in [0.15, 0.2) is 18.5 Å². The van der Waals surface area contributed by atoms with Crippen LogP contribution in [0.2, 0.25) is 0 Å². The van der Waals surface area contributed by atoms with Gasteiger partial charge in [0.25, 0.3) is 0 Å². The second kappa shape index (κ2) is 3.95. The summed E-state index contributed by atoms with van der Waals surface area (Å²) in [5, 5.41) is 3.39. The second-order valence-electron chi connectivity index (χ2n) is 6.20. The lowest BCUT2D eigenvalue weighted by Crippen LogP contribution is -2.44. The van der Waals surface area contributed by atoms with Crippen LogP contribution in [-0.2, 0) is 0 Å². The predicted molar refractivity (Wildman–Crippen MR) is 69.8 cm³/mol. The number of nitrogens with zero attached hydrogens (tertiary/aromatic N) is 1. The molecular formula is C15H20N2O. The van der Waals surface area contributed by atoms with E-state index in [1.807, 2.05) is 12.4 Å². The molecule has 3 aliphatic rings. The highest BCUT2D eigenvalue weighted by molar-refractivity contribution is 5.35. The van der Waals surface area contributed by atoms with E-state index in [1.165, 1.54) is 50.8 Å². The molecule has 0 bridgehead atoms. The van der Waals surface area contributed by atoms with E-state index < -0.39 is 0 Å². The van der Waals surface area contributed by atoms with Crippen LogP contribution in [0.1, 0.15) is 43.6 Å². The van der Waals surface area contributed by atoms with Gasteiger partial charge in [0, 0.05) is 24.7 Å². The normalized spacial score (nSPS) is 29.2. The molecule has 18 heavy (non-hydrogen) atoms. The number of aromatic nitrogens is 1. The Labute approximate surface area is 108 Å². The highest BCUT2D eigenvalue weighted by Gasteiger charge is 2.58. The van der Waals surface area contributed by atoms with Crippen molar-refractivity contribution >= 4 is 0 Å². The van der Waals surface area contributed by atoms with Crippen LogP contribution >= 0.6 is 0 Å². The first-order chi connectivity index (χ1) is 8.86. The lowest BCUT2D eigenvalue weighted by Gasteiger charge is -2.28. The molecule has 0 radical (unpaired) electrons. The molecule has 4 rings (SSSR count). The van der Waals surface area contributed by atoms with Crippen molar-refractivity contribution in [2.75, 3.05) is 13.1 Å². The minimum absolute atomic E-state index is 0.431. The molecule has 1 N–H and O–H groups in total. The summed E-state index contributed by atoms with van der Waals surface area (Å²) >= 11 is 0. The first-order valence-electron chi connectivity index (χ1n) is 7.18. The van der Waals surface area contributed by atoms with Gasteiger partial charge in [0.05, 0.1) is 12.3 Å². The van der Waals surface area contributed by atoms with Gasteiger partial charge in [-0.25, -0.2) is 0 Å². The van der Waals surface area contributed by atoms with Gasteiger partial charge in [-0.05, 0) is 49.7 Å². The van der Waals surface area contributed by atoms with E-state index in [2.05, 4.69) is 16.4 Å². The average Bonchev–Trinajstić information content (AvgIpc) is 2.94. The molecule has 1 aliphatic heterocycles. The Kier molecular flexibility index (Phi) is 2.37. The molecule has 1 spiro atoms. The monoisotopic (exact) mass is 244 g/mol. The highest BCUT2D eigenvalue weighted by Crippen LogP contribution is 2.61. The molecule has 2 saturated carbocycles. The molecule has 3 heteroatoms. The van der Waals surface area contributed by atoms with Crippen molar-refractivity contribution in [3.05, 3.63) is 24.0 Å². The third-order valence-corrected chi connectivity index (χ3v) is 4.89. The van der Waals surface area contributed by atoms with Crippen LogP contribution in [0, 0.1) is 5.41 Å². The smallest absolute Gasteiger partial charge is 0.138 e. The van der Waals surface area contributed by atoms with E-state index >= 15 is 0 Å². The number of pyridine rings is 1. The van der Waals surface area contributed by atoms with Gasteiger partial charge in [0.15, 0.2) is 0 Å². The third-order valence-electron chi connectivity index (χ3n) is 4.89. The zero-order valence-electron chi connectivity index (χ0n) is 10.7. The molecule has 1 aromatic rings. The summed E-state index contributed by atoms with van der Waals surface area (Å²) in [5.41, 5.74) is 1.96. The number of nitrogens with one attached hydrogen (secondary N) is 1. The molecule has 1 aromatic heterocycles. The largest absolute Gasteiger partial charge is 0.489 e. The number of ether oxygens (including phenoxy) is 1. The van der Waals surface area contributed by atoms with Crippen LogP contribution in [0.4, 0.5) is 0 Å². The van der Waals surface area contributed by atoms with E-state index in [9.17, 15) is 0 Å². The van der Waals surface area contributed by atoms with Crippen molar-refractivity contribution in [3.63, 3.8) is 0 Å². The van der Waals surface area contributed by atoms with Gasteiger partial charge in [-0.1, -0.05) is 0 Å². The topological polar surface area (TPSA) is 34.2 Å². The Morgan fingerprint density at radius 2 is 2.06 bits per heavy atom. The molecular weight excluding hydrogens is 224 g/mol. The first kappa shape index (κ1) is 10.8. The zero-order chi connectivity index (χ0) is 12.0. The van der Waals surface area contributed by atoms with Gasteiger partial charge in [0.2, 0.25) is 0 Å². The summed E-state index contributed by atoms with van der Waals surface area (Å²) in [5.74, 6) is 1.70. The standard InChI is InChI=1S/C15H20N2O/c1-2-4-12(3-1)18-13-5-11(7-16-8-13)14-6-15(14)9-17-10-15/h5,7-8,12,14,17H,1-4,6,9-10H2. The van der Waals surface area contributed by atoms with Gasteiger partial charge < -0.3 is 10.1 Å². The fourth-order valence-corrected chi connectivity index (χ4v) is 3.55. The van der Waals surface area contributed by atoms with Crippen LogP contribution in [-0.4, -0.2) is 24.2 Å². The quantitative estimate of drug-likeness (QED) is 0.887. The van der Waals surface area contributed by atoms with E-state index in [4.69, 9.17) is 4.74 Å². The Morgan fingerprint density at radius 1 is 1.22 bits per heavy atom. The van der Waals surface area contributed by atoms with E-state index in [0.717, 1.165) is 11.7 Å². The lowest BCUT2D eigenvalue weighted by molar-refractivity contribution is 0.209. The SMILES string of the molecule is c1ncc(C2CC23CNC3)cc1OC1CCCC1. The van der Waals surface area contributed by atoms with Crippen molar-refractivity contribution in [3.8, 4) is 5.75 Å². The van der Waals surface area contributed by atoms with Crippen LogP contribution in [0.5, 0.6) is 5.75 Å². The Hall–Kier alpha value is -1.09. The molecule has 0 amide bonds. The Morgan fingerprint density at radius 3 is 2.72 bits per heavy atom. The number of rotatable bonds is 3. The summed E-state index contributed by atoms with van der Waals surface area (Å²) in [7, 11) is 0. The average molecular weight is 244 g/mol. The molecule has 2 aliphatic carbocycles. The highest BCUT2D eigenvalue weighted by atomic mass is 16.5. The van der Waals surface area contributed by atoms with Gasteiger partial charge >= 0.3 is 0 Å². The maximum absolute atomic E-state index is 6.04. The van der Waals surface area contributed by atoms with Crippen molar-refractivity contribution < 1.29 is 4.74 Å². The van der Waals surface area contributed by atoms with Crippen molar-refractivity contribution in [2.45, 2.75) is 44.1 Å². The minimum Gasteiger partial charge on any atom is -0.489 e. The maximum atomic E-state index is 6.04. The molecule has 1 saturated heterocycles. The van der Waals surface area contributed by atoms with Crippen LogP contribution in [0.25, 0.3) is 0 Å². The van der Waals surface area contributed by atoms with Gasteiger partial charge in [-0.3, -0.25) is 4.98 Å². The van der Waals surface area contributed by atoms with Gasteiger partial charge in [-0.2, -0.15) is 0 Å². The van der Waals surface area contributed by atoms with Crippen molar-refractivity contribution in [2.24, 2.45) is 5.41 Å². The molecule has 96 valence electrons. The van der Waals surface area contributed by atoms with Crippen LogP contribution in [0.3, 0.4) is 0 Å². The molecule has 2 heterocycles. The molecule has 3 fully saturated rings. The van der Waals surface area contributed by atoms with E-state index in [-0.39, 0.29) is 0 Å². The summed E-state index contributed by atoms with van der Waals surface area (Å²) in [4.78, 5) is 4.37. The Balaban J connectivity index is 1.48. The van der Waals surface area contributed by atoms with Gasteiger partial charge in [-0.15, -0.1) is 0 Å². The summed E-state index contributed by atoms with van der Waals surface area (Å²) < 4.78 is 6.04. The lowest BCUT2D eigenvalue weighted by atomic mass is 9.94. The maximum Gasteiger partial charge on any atom is 0.138 e. The van der Waals surface area contributed by atoms with E-state index in [0.29, 0.717) is 11.5 Å².